The maximum absolute atomic E-state index is 13.2. The maximum Gasteiger partial charge on any atom is 0.313 e. The fourth-order valence-corrected chi connectivity index (χ4v) is 3.00. The van der Waals surface area contributed by atoms with Gasteiger partial charge in [0.1, 0.15) is 34.8 Å². The van der Waals surface area contributed by atoms with Crippen molar-refractivity contribution >= 4 is 16.9 Å². The van der Waals surface area contributed by atoms with E-state index in [1.165, 1.54) is 28.9 Å². The van der Waals surface area contributed by atoms with Crippen LogP contribution in [0.2, 0.25) is 0 Å². The van der Waals surface area contributed by atoms with Gasteiger partial charge in [-0.25, -0.2) is 4.39 Å². The number of ether oxygens (including phenoxy) is 1. The first kappa shape index (κ1) is 17.0. The summed E-state index contributed by atoms with van der Waals surface area (Å²) >= 11 is 0. The van der Waals surface area contributed by atoms with Crippen molar-refractivity contribution in [2.45, 2.75) is 13.3 Å². The van der Waals surface area contributed by atoms with Gasteiger partial charge in [-0.3, -0.25) is 9.59 Å². The first-order valence-electron chi connectivity index (χ1n) is 8.43. The lowest BCUT2D eigenvalue weighted by Crippen LogP contribution is -2.17. The first-order chi connectivity index (χ1) is 13.1. The van der Waals surface area contributed by atoms with E-state index in [4.69, 9.17) is 9.15 Å². The minimum absolute atomic E-state index is 0.181. The van der Waals surface area contributed by atoms with Crippen LogP contribution in [0.1, 0.15) is 12.7 Å². The van der Waals surface area contributed by atoms with Crippen molar-refractivity contribution in [2.24, 2.45) is 0 Å². The van der Waals surface area contributed by atoms with Gasteiger partial charge in [-0.05, 0) is 43.3 Å². The van der Waals surface area contributed by atoms with Crippen LogP contribution in [0.4, 0.5) is 4.39 Å². The highest BCUT2D eigenvalue weighted by Gasteiger charge is 2.26. The second-order valence-corrected chi connectivity index (χ2v) is 5.92. The molecule has 0 atom stereocenters. The number of rotatable bonds is 4. The molecule has 4 rings (SSSR count). The summed E-state index contributed by atoms with van der Waals surface area (Å²) in [6.45, 7) is 1.94. The highest BCUT2D eigenvalue weighted by molar-refractivity contribution is 5.93. The van der Waals surface area contributed by atoms with E-state index >= 15 is 0 Å². The van der Waals surface area contributed by atoms with Gasteiger partial charge < -0.3 is 9.15 Å². The third-order valence-corrected chi connectivity index (χ3v) is 4.18. The highest BCUT2D eigenvalue weighted by atomic mass is 19.1. The van der Waals surface area contributed by atoms with Crippen LogP contribution in [0.25, 0.3) is 27.9 Å². The Morgan fingerprint density at radius 2 is 1.93 bits per heavy atom. The summed E-state index contributed by atoms with van der Waals surface area (Å²) in [5.41, 5.74) is 1.12. The van der Waals surface area contributed by atoms with Gasteiger partial charge in [-0.15, -0.1) is 0 Å². The van der Waals surface area contributed by atoms with Gasteiger partial charge in [0.05, 0.1) is 12.3 Å². The molecule has 6 nitrogen and oxygen atoms in total. The first-order valence-corrected chi connectivity index (χ1v) is 8.43. The SMILES string of the molecule is CCOC(=O)Cc1oc2ccccc2c2nn(-c3ccc(F)cc3)c(=O)c1-2. The third kappa shape index (κ3) is 2.97. The van der Waals surface area contributed by atoms with Crippen molar-refractivity contribution in [3.05, 3.63) is 70.5 Å². The lowest BCUT2D eigenvalue weighted by Gasteiger charge is -2.08. The van der Waals surface area contributed by atoms with Crippen molar-refractivity contribution in [2.75, 3.05) is 6.61 Å². The zero-order valence-corrected chi connectivity index (χ0v) is 14.4. The largest absolute Gasteiger partial charge is 0.466 e. The molecule has 2 heterocycles. The van der Waals surface area contributed by atoms with Gasteiger partial charge in [0.15, 0.2) is 0 Å². The van der Waals surface area contributed by atoms with Gasteiger partial charge in [0, 0.05) is 5.39 Å². The molecule has 2 aliphatic heterocycles. The van der Waals surface area contributed by atoms with Crippen molar-refractivity contribution in [3.8, 4) is 16.9 Å². The number of halogens is 1. The smallest absolute Gasteiger partial charge is 0.313 e. The molecule has 27 heavy (non-hydrogen) atoms. The molecule has 136 valence electrons. The fourth-order valence-electron chi connectivity index (χ4n) is 3.00. The number of carbonyl (C=O) groups excluding carboxylic acids is 1. The Balaban J connectivity index is 1.98. The average molecular weight is 366 g/mol. The number of hydrogen-bond acceptors (Lipinski definition) is 5. The van der Waals surface area contributed by atoms with Gasteiger partial charge >= 0.3 is 5.97 Å². The number of nitrogens with zero attached hydrogens (tertiary/aromatic N) is 2. The zero-order valence-electron chi connectivity index (χ0n) is 14.4. The van der Waals surface area contributed by atoms with Crippen LogP contribution in [0.5, 0.6) is 0 Å². The monoisotopic (exact) mass is 366 g/mol. The Kier molecular flexibility index (Phi) is 4.19. The lowest BCUT2D eigenvalue weighted by molar-refractivity contribution is -0.142. The molecule has 0 fully saturated rings. The lowest BCUT2D eigenvalue weighted by atomic mass is 10.1. The Hall–Kier alpha value is -3.48. The second-order valence-electron chi connectivity index (χ2n) is 5.92. The van der Waals surface area contributed by atoms with Crippen LogP contribution in [0.3, 0.4) is 0 Å². The van der Waals surface area contributed by atoms with E-state index in [0.717, 1.165) is 0 Å². The summed E-state index contributed by atoms with van der Waals surface area (Å²) in [6, 6.07) is 12.6. The number of esters is 1. The molecule has 0 aliphatic carbocycles. The fraction of sp³-hybridized carbons (Fsp3) is 0.150. The van der Waals surface area contributed by atoms with Crippen molar-refractivity contribution < 1.29 is 18.3 Å². The molecule has 0 saturated carbocycles. The van der Waals surface area contributed by atoms with E-state index in [-0.39, 0.29) is 24.4 Å². The van der Waals surface area contributed by atoms with E-state index in [2.05, 4.69) is 5.10 Å². The van der Waals surface area contributed by atoms with Gasteiger partial charge in [-0.1, -0.05) is 12.1 Å². The normalized spacial score (nSPS) is 11.2. The summed E-state index contributed by atoms with van der Waals surface area (Å²) in [4.78, 5) is 25.0. The minimum atomic E-state index is -0.494. The van der Waals surface area contributed by atoms with Crippen LogP contribution < -0.4 is 5.56 Å². The highest BCUT2D eigenvalue weighted by Crippen LogP contribution is 2.31. The number of para-hydroxylation sites is 1. The van der Waals surface area contributed by atoms with E-state index in [1.54, 1.807) is 25.1 Å². The quantitative estimate of drug-likeness (QED) is 0.518. The molecule has 0 amide bonds. The molecule has 0 unspecified atom stereocenters. The van der Waals surface area contributed by atoms with Crippen LogP contribution >= 0.6 is 0 Å². The zero-order chi connectivity index (χ0) is 19.0. The molecule has 0 spiro atoms. The Morgan fingerprint density at radius 3 is 2.67 bits per heavy atom. The number of fused-ring (bicyclic) bond motifs is 3. The second kappa shape index (κ2) is 6.68. The van der Waals surface area contributed by atoms with Gasteiger partial charge in [-0.2, -0.15) is 9.78 Å². The van der Waals surface area contributed by atoms with E-state index in [0.29, 0.717) is 22.4 Å². The summed E-state index contributed by atoms with van der Waals surface area (Å²) in [5.74, 6) is -0.710. The van der Waals surface area contributed by atoms with Crippen LogP contribution in [-0.2, 0) is 16.0 Å². The summed E-state index contributed by atoms with van der Waals surface area (Å²) < 4.78 is 25.2. The molecule has 2 aliphatic rings. The Bertz CT molecular complexity index is 1160. The molecule has 2 aromatic carbocycles. The number of aromatic nitrogens is 2. The van der Waals surface area contributed by atoms with Crippen LogP contribution in [0.15, 0.2) is 57.7 Å². The van der Waals surface area contributed by atoms with Crippen LogP contribution in [-0.4, -0.2) is 22.4 Å². The number of hydrogen-bond donors (Lipinski definition) is 0. The average Bonchev–Trinajstić information content (AvgIpc) is 3.01. The predicted molar refractivity (Wildman–Crippen MR) is 96.5 cm³/mol. The molecule has 0 N–H and O–H groups in total. The molecule has 2 aromatic rings. The van der Waals surface area contributed by atoms with E-state index < -0.39 is 17.3 Å². The van der Waals surface area contributed by atoms with E-state index in [9.17, 15) is 14.0 Å². The molecule has 0 radical (unpaired) electrons. The molecule has 0 bridgehead atoms. The predicted octanol–water partition coefficient (Wildman–Crippen LogP) is 3.33. The Morgan fingerprint density at radius 1 is 1.19 bits per heavy atom. The molecule has 0 saturated heterocycles. The standard InChI is InChI=1S/C20H15FN2O4/c1-2-26-17(24)11-16-18-19(14-5-3-4-6-15(14)27-16)22-23(20(18)25)13-9-7-12(21)8-10-13/h3-10H,2,11H2,1H3. The molecular formula is C20H15FN2O4. The summed E-state index contributed by atoms with van der Waals surface area (Å²) in [5, 5.41) is 5.07. The van der Waals surface area contributed by atoms with Crippen molar-refractivity contribution in [3.63, 3.8) is 0 Å². The summed E-state index contributed by atoms with van der Waals surface area (Å²) in [7, 11) is 0. The third-order valence-electron chi connectivity index (χ3n) is 4.18. The van der Waals surface area contributed by atoms with Gasteiger partial charge in [0.2, 0.25) is 0 Å². The summed E-state index contributed by atoms with van der Waals surface area (Å²) in [6.07, 6.45) is -0.181. The number of benzene rings is 2. The topological polar surface area (TPSA) is 74.3 Å². The van der Waals surface area contributed by atoms with Crippen molar-refractivity contribution in [1.82, 2.24) is 9.78 Å². The van der Waals surface area contributed by atoms with E-state index in [1.807, 2.05) is 6.07 Å². The molecule has 7 heteroatoms. The maximum atomic E-state index is 13.2. The number of carbonyl (C=O) groups is 1. The van der Waals surface area contributed by atoms with Gasteiger partial charge in [0.25, 0.3) is 5.56 Å². The minimum Gasteiger partial charge on any atom is -0.466 e. The van der Waals surface area contributed by atoms with Crippen molar-refractivity contribution in [1.29, 1.82) is 0 Å². The molecule has 0 aromatic heterocycles. The Labute approximate surface area is 153 Å². The molecular weight excluding hydrogens is 351 g/mol. The van der Waals surface area contributed by atoms with Crippen LogP contribution in [0, 0.1) is 5.82 Å².